The van der Waals surface area contributed by atoms with Gasteiger partial charge in [0, 0.05) is 0 Å². The van der Waals surface area contributed by atoms with Crippen molar-refractivity contribution in [2.24, 2.45) is 5.92 Å². The van der Waals surface area contributed by atoms with Crippen molar-refractivity contribution in [3.8, 4) is 0 Å². The molecule has 0 spiro atoms. The molecule has 0 aromatic rings. The maximum atomic E-state index is 12.1. The zero-order valence-electron chi connectivity index (χ0n) is 7.06. The Labute approximate surface area is 81.2 Å². The Morgan fingerprint density at radius 2 is 1.40 bits per heavy atom. The van der Waals surface area contributed by atoms with Crippen LogP contribution in [0.1, 0.15) is 6.42 Å². The van der Waals surface area contributed by atoms with Crippen LogP contribution < -0.4 is 0 Å². The van der Waals surface area contributed by atoms with Crippen LogP contribution in [0.2, 0.25) is 0 Å². The Morgan fingerprint density at radius 3 is 1.60 bits per heavy atom. The molecule has 0 aromatic carbocycles. The lowest BCUT2D eigenvalue weighted by atomic mass is 10.1. The monoisotopic (exact) mass is 256 g/mol. The highest BCUT2D eigenvalue weighted by Gasteiger charge is 2.59. The van der Waals surface area contributed by atoms with Gasteiger partial charge in [-0.05, 0) is 6.42 Å². The molecule has 1 aliphatic rings. The molecule has 15 heavy (non-hydrogen) atoms. The van der Waals surface area contributed by atoms with Crippen molar-refractivity contribution in [1.29, 1.82) is 0 Å². The van der Waals surface area contributed by atoms with Crippen molar-refractivity contribution < 1.29 is 34.8 Å². The summed E-state index contributed by atoms with van der Waals surface area (Å²) in [6.07, 6.45) is -11.4. The quantitative estimate of drug-likeness (QED) is 0.620. The SMILES string of the molecule is O=S1(=O)CC(C(F)(F)F)CC1C(F)(F)F. The summed E-state index contributed by atoms with van der Waals surface area (Å²) in [5, 5.41) is -2.88. The minimum atomic E-state index is -5.13. The van der Waals surface area contributed by atoms with Gasteiger partial charge in [-0.2, -0.15) is 26.3 Å². The lowest BCUT2D eigenvalue weighted by Crippen LogP contribution is -2.33. The Bertz CT molecular complexity index is 340. The van der Waals surface area contributed by atoms with Gasteiger partial charge < -0.3 is 0 Å². The molecule has 0 aliphatic carbocycles. The highest BCUT2D eigenvalue weighted by Crippen LogP contribution is 2.43. The van der Waals surface area contributed by atoms with Gasteiger partial charge in [0.15, 0.2) is 15.1 Å². The Balaban J connectivity index is 2.98. The molecule has 0 amide bonds. The summed E-state index contributed by atoms with van der Waals surface area (Å²) in [5.41, 5.74) is 0. The highest BCUT2D eigenvalue weighted by molar-refractivity contribution is 7.92. The Morgan fingerprint density at radius 1 is 0.933 bits per heavy atom. The lowest BCUT2D eigenvalue weighted by Gasteiger charge is -2.14. The first-order chi connectivity index (χ1) is 6.44. The number of sulfone groups is 1. The van der Waals surface area contributed by atoms with Crippen molar-refractivity contribution in [1.82, 2.24) is 0 Å². The highest BCUT2D eigenvalue weighted by atomic mass is 32.2. The molecule has 0 N–H and O–H groups in total. The van der Waals surface area contributed by atoms with E-state index in [0.717, 1.165) is 0 Å². The first-order valence-electron chi connectivity index (χ1n) is 3.79. The molecular formula is C6H6F6O2S. The van der Waals surface area contributed by atoms with E-state index in [1.54, 1.807) is 0 Å². The van der Waals surface area contributed by atoms with Gasteiger partial charge in [-0.15, -0.1) is 0 Å². The number of hydrogen-bond donors (Lipinski definition) is 0. The fraction of sp³-hybridized carbons (Fsp3) is 1.00. The van der Waals surface area contributed by atoms with Gasteiger partial charge in [-0.3, -0.25) is 0 Å². The molecule has 1 saturated heterocycles. The predicted molar refractivity (Wildman–Crippen MR) is 37.8 cm³/mol. The summed E-state index contributed by atoms with van der Waals surface area (Å²) in [6, 6.07) is 0. The van der Waals surface area contributed by atoms with Crippen LogP contribution in [0.4, 0.5) is 26.3 Å². The molecular weight excluding hydrogens is 250 g/mol. The smallest absolute Gasteiger partial charge is 0.228 e. The Hall–Kier alpha value is -0.470. The fourth-order valence-corrected chi connectivity index (χ4v) is 3.49. The lowest BCUT2D eigenvalue weighted by molar-refractivity contribution is -0.177. The molecule has 1 fully saturated rings. The summed E-state index contributed by atoms with van der Waals surface area (Å²) in [7, 11) is -4.72. The maximum Gasteiger partial charge on any atom is 0.405 e. The third kappa shape index (κ3) is 2.56. The number of hydrogen-bond acceptors (Lipinski definition) is 2. The van der Waals surface area contributed by atoms with Crippen molar-refractivity contribution in [2.75, 3.05) is 5.75 Å². The summed E-state index contributed by atoms with van der Waals surface area (Å²) in [6.45, 7) is 0. The molecule has 0 radical (unpaired) electrons. The second kappa shape index (κ2) is 3.26. The first kappa shape index (κ1) is 12.6. The van der Waals surface area contributed by atoms with Gasteiger partial charge in [-0.1, -0.05) is 0 Å². The normalized spacial score (nSPS) is 31.9. The number of rotatable bonds is 0. The molecule has 0 aromatic heterocycles. The van der Waals surface area contributed by atoms with Gasteiger partial charge in [-0.25, -0.2) is 8.42 Å². The second-order valence-electron chi connectivity index (χ2n) is 3.33. The molecule has 90 valence electrons. The van der Waals surface area contributed by atoms with Gasteiger partial charge in [0.1, 0.15) is 0 Å². The van der Waals surface area contributed by atoms with Crippen LogP contribution in [-0.4, -0.2) is 31.8 Å². The van der Waals surface area contributed by atoms with E-state index < -0.39 is 45.5 Å². The van der Waals surface area contributed by atoms with E-state index >= 15 is 0 Å². The molecule has 2 nitrogen and oxygen atoms in total. The second-order valence-corrected chi connectivity index (χ2v) is 5.56. The van der Waals surface area contributed by atoms with Crippen LogP contribution in [0.5, 0.6) is 0 Å². The van der Waals surface area contributed by atoms with Crippen LogP contribution in [-0.2, 0) is 9.84 Å². The van der Waals surface area contributed by atoms with Crippen LogP contribution in [0.3, 0.4) is 0 Å². The largest absolute Gasteiger partial charge is 0.405 e. The summed E-state index contributed by atoms with van der Waals surface area (Å²) in [5.74, 6) is -3.88. The van der Waals surface area contributed by atoms with E-state index in [9.17, 15) is 34.8 Å². The average Bonchev–Trinajstić information content (AvgIpc) is 2.22. The van der Waals surface area contributed by atoms with Crippen molar-refractivity contribution >= 4 is 9.84 Å². The summed E-state index contributed by atoms with van der Waals surface area (Å²) in [4.78, 5) is 0. The van der Waals surface area contributed by atoms with Crippen molar-refractivity contribution in [3.63, 3.8) is 0 Å². The van der Waals surface area contributed by atoms with Gasteiger partial charge in [0.05, 0.1) is 11.7 Å². The van der Waals surface area contributed by atoms with E-state index in [1.807, 2.05) is 0 Å². The minimum Gasteiger partial charge on any atom is -0.228 e. The standard InChI is InChI=1S/C6H6F6O2S/c7-5(8,9)3-1-4(6(10,11)12)15(13,14)2-3/h3-4H,1-2H2. The first-order valence-corrected chi connectivity index (χ1v) is 5.51. The number of alkyl halides is 6. The fourth-order valence-electron chi connectivity index (χ4n) is 1.43. The van der Waals surface area contributed by atoms with E-state index in [4.69, 9.17) is 0 Å². The third-order valence-electron chi connectivity index (χ3n) is 2.19. The van der Waals surface area contributed by atoms with E-state index in [-0.39, 0.29) is 0 Å². The molecule has 2 unspecified atom stereocenters. The van der Waals surface area contributed by atoms with E-state index in [2.05, 4.69) is 0 Å². The zero-order chi connectivity index (χ0) is 12.1. The molecule has 9 heteroatoms. The predicted octanol–water partition coefficient (Wildman–Crippen LogP) is 1.91. The zero-order valence-corrected chi connectivity index (χ0v) is 7.88. The Kier molecular flexibility index (Phi) is 2.74. The van der Waals surface area contributed by atoms with Crippen LogP contribution in [0.25, 0.3) is 0 Å². The molecule has 1 rings (SSSR count). The van der Waals surface area contributed by atoms with Crippen LogP contribution >= 0.6 is 0 Å². The molecule has 0 bridgehead atoms. The van der Waals surface area contributed by atoms with E-state index in [1.165, 1.54) is 0 Å². The minimum absolute atomic E-state index is 1.42. The van der Waals surface area contributed by atoms with Crippen molar-refractivity contribution in [2.45, 2.75) is 24.0 Å². The van der Waals surface area contributed by atoms with E-state index in [0.29, 0.717) is 0 Å². The average molecular weight is 256 g/mol. The summed E-state index contributed by atoms with van der Waals surface area (Å²) >= 11 is 0. The van der Waals surface area contributed by atoms with Gasteiger partial charge in [0.25, 0.3) is 0 Å². The summed E-state index contributed by atoms with van der Waals surface area (Å²) < 4.78 is 94.0. The molecule has 2 atom stereocenters. The van der Waals surface area contributed by atoms with Gasteiger partial charge >= 0.3 is 12.4 Å². The van der Waals surface area contributed by atoms with Crippen LogP contribution in [0, 0.1) is 5.92 Å². The molecule has 1 aliphatic heterocycles. The topological polar surface area (TPSA) is 34.1 Å². The van der Waals surface area contributed by atoms with Crippen molar-refractivity contribution in [3.05, 3.63) is 0 Å². The van der Waals surface area contributed by atoms with Crippen LogP contribution in [0.15, 0.2) is 0 Å². The third-order valence-corrected chi connectivity index (χ3v) is 4.39. The maximum absolute atomic E-state index is 12.1. The molecule has 0 saturated carbocycles. The van der Waals surface area contributed by atoms with Gasteiger partial charge in [0.2, 0.25) is 0 Å². The molecule has 1 heterocycles. The number of halogens is 6.